The van der Waals surface area contributed by atoms with Gasteiger partial charge in [-0.3, -0.25) is 0 Å². The largest absolute Gasteiger partial charge is 0.305 e. The predicted molar refractivity (Wildman–Crippen MR) is 78.7 cm³/mol. The van der Waals surface area contributed by atoms with Crippen LogP contribution in [0, 0.1) is 0 Å². The second-order valence-corrected chi connectivity index (χ2v) is 6.23. The van der Waals surface area contributed by atoms with Gasteiger partial charge in [-0.2, -0.15) is 0 Å². The monoisotopic (exact) mass is 329 g/mol. The summed E-state index contributed by atoms with van der Waals surface area (Å²) in [5.41, 5.74) is 1.29. The Morgan fingerprint density at radius 2 is 2.06 bits per heavy atom. The summed E-state index contributed by atoms with van der Waals surface area (Å²) in [5, 5.41) is 6.27. The van der Waals surface area contributed by atoms with Crippen molar-refractivity contribution in [2.45, 2.75) is 19.5 Å². The summed E-state index contributed by atoms with van der Waals surface area (Å²) < 4.78 is 1.11. The van der Waals surface area contributed by atoms with Gasteiger partial charge in [0.1, 0.15) is 0 Å². The van der Waals surface area contributed by atoms with Crippen molar-refractivity contribution in [3.63, 3.8) is 0 Å². The third-order valence-corrected chi connectivity index (χ3v) is 4.39. The zero-order valence-electron chi connectivity index (χ0n) is 9.41. The molecule has 1 nitrogen and oxygen atoms in total. The van der Waals surface area contributed by atoms with Crippen LogP contribution in [0.25, 0.3) is 0 Å². The molecule has 1 aromatic heterocycles. The number of halogens is 2. The zero-order chi connectivity index (χ0) is 12.3. The highest BCUT2D eigenvalue weighted by molar-refractivity contribution is 9.10. The molecule has 4 heteroatoms. The fourth-order valence-electron chi connectivity index (χ4n) is 1.57. The Kier molecular flexibility index (Phi) is 4.62. The van der Waals surface area contributed by atoms with E-state index in [1.165, 1.54) is 10.4 Å². The first-order valence-corrected chi connectivity index (χ1v) is 7.42. The molecule has 1 aromatic carbocycles. The lowest BCUT2D eigenvalue weighted by atomic mass is 10.1. The van der Waals surface area contributed by atoms with E-state index in [0.29, 0.717) is 6.04 Å². The first-order valence-electron chi connectivity index (χ1n) is 5.37. The van der Waals surface area contributed by atoms with Gasteiger partial charge < -0.3 is 5.32 Å². The van der Waals surface area contributed by atoms with E-state index in [1.54, 1.807) is 11.3 Å². The Morgan fingerprint density at radius 3 is 2.65 bits per heavy atom. The van der Waals surface area contributed by atoms with Gasteiger partial charge in [0.2, 0.25) is 0 Å². The highest BCUT2D eigenvalue weighted by Crippen LogP contribution is 2.21. The van der Waals surface area contributed by atoms with Crippen LogP contribution in [-0.4, -0.2) is 0 Å². The van der Waals surface area contributed by atoms with Gasteiger partial charge in [-0.15, -0.1) is 11.3 Å². The minimum Gasteiger partial charge on any atom is -0.305 e. The van der Waals surface area contributed by atoms with E-state index in [0.717, 1.165) is 16.0 Å². The molecular weight excluding hydrogens is 318 g/mol. The molecule has 17 heavy (non-hydrogen) atoms. The fourth-order valence-corrected chi connectivity index (χ4v) is 2.86. The molecule has 1 N–H and O–H groups in total. The molecule has 0 saturated carbocycles. The first-order chi connectivity index (χ1) is 8.15. The molecule has 0 bridgehead atoms. The molecule has 2 aromatic rings. The van der Waals surface area contributed by atoms with E-state index in [2.05, 4.69) is 52.4 Å². The lowest BCUT2D eigenvalue weighted by Crippen LogP contribution is -2.17. The number of hydrogen-bond donors (Lipinski definition) is 1. The molecule has 90 valence electrons. The van der Waals surface area contributed by atoms with Gasteiger partial charge >= 0.3 is 0 Å². The maximum absolute atomic E-state index is 5.89. The van der Waals surface area contributed by atoms with E-state index in [-0.39, 0.29) is 0 Å². The van der Waals surface area contributed by atoms with E-state index in [1.807, 2.05) is 11.4 Å². The average Bonchev–Trinajstić information content (AvgIpc) is 2.73. The second kappa shape index (κ2) is 6.01. The Morgan fingerprint density at radius 1 is 1.35 bits per heavy atom. The smallest absolute Gasteiger partial charge is 0.0516 e. The molecule has 0 unspecified atom stereocenters. The number of thiophene rings is 1. The van der Waals surface area contributed by atoms with E-state index in [4.69, 9.17) is 11.6 Å². The molecule has 0 fully saturated rings. The minimum absolute atomic E-state index is 0.337. The van der Waals surface area contributed by atoms with Crippen molar-refractivity contribution >= 4 is 38.9 Å². The van der Waals surface area contributed by atoms with Crippen LogP contribution in [0.1, 0.15) is 23.4 Å². The van der Waals surface area contributed by atoms with Gasteiger partial charge in [0.25, 0.3) is 0 Å². The topological polar surface area (TPSA) is 12.0 Å². The highest BCUT2D eigenvalue weighted by atomic mass is 79.9. The zero-order valence-corrected chi connectivity index (χ0v) is 12.6. The molecule has 0 aliphatic heterocycles. The summed E-state index contributed by atoms with van der Waals surface area (Å²) in [7, 11) is 0. The lowest BCUT2D eigenvalue weighted by molar-refractivity contribution is 0.579. The Labute approximate surface area is 119 Å². The molecule has 0 saturated heterocycles. The van der Waals surface area contributed by atoms with Crippen molar-refractivity contribution in [3.05, 3.63) is 55.6 Å². The molecule has 0 radical (unpaired) electrons. The van der Waals surface area contributed by atoms with Crippen LogP contribution in [0.15, 0.2) is 40.2 Å². The van der Waals surface area contributed by atoms with Crippen LogP contribution < -0.4 is 5.32 Å². The standard InChI is InChI=1S/C13H13BrClNS/c1-9(10-2-4-11(14)5-3-10)16-7-13-6-12(15)8-17-13/h2-6,8-9,16H,7H2,1H3/t9-/m0/s1. The maximum Gasteiger partial charge on any atom is 0.0516 e. The number of rotatable bonds is 4. The van der Waals surface area contributed by atoms with E-state index < -0.39 is 0 Å². The molecule has 2 rings (SSSR count). The molecule has 1 heterocycles. The summed E-state index contributed by atoms with van der Waals surface area (Å²) in [6, 6.07) is 10.7. The fraction of sp³-hybridized carbons (Fsp3) is 0.231. The van der Waals surface area contributed by atoms with Crippen molar-refractivity contribution in [1.82, 2.24) is 5.32 Å². The summed E-state index contributed by atoms with van der Waals surface area (Å²) in [6.07, 6.45) is 0. The third-order valence-electron chi connectivity index (χ3n) is 2.57. The lowest BCUT2D eigenvalue weighted by Gasteiger charge is -2.13. The number of nitrogens with one attached hydrogen (secondary N) is 1. The van der Waals surface area contributed by atoms with E-state index >= 15 is 0 Å². The summed E-state index contributed by atoms with van der Waals surface area (Å²) >= 11 is 11.0. The Balaban J connectivity index is 1.93. The molecule has 1 atom stereocenters. The molecule has 0 aliphatic rings. The van der Waals surface area contributed by atoms with Gasteiger partial charge in [-0.05, 0) is 30.7 Å². The number of benzene rings is 1. The Hall–Kier alpha value is -0.350. The van der Waals surface area contributed by atoms with Crippen LogP contribution >= 0.6 is 38.9 Å². The summed E-state index contributed by atoms with van der Waals surface area (Å²) in [5.74, 6) is 0. The van der Waals surface area contributed by atoms with Crippen LogP contribution in [0.2, 0.25) is 5.02 Å². The number of hydrogen-bond acceptors (Lipinski definition) is 2. The Bertz CT molecular complexity index is 480. The molecule has 0 aliphatic carbocycles. The van der Waals surface area contributed by atoms with Crippen LogP contribution in [0.3, 0.4) is 0 Å². The second-order valence-electron chi connectivity index (χ2n) is 3.89. The minimum atomic E-state index is 0.337. The predicted octanol–water partition coefficient (Wildman–Crippen LogP) is 5.01. The first kappa shape index (κ1) is 13.1. The van der Waals surface area contributed by atoms with Crippen LogP contribution in [-0.2, 0) is 6.54 Å². The van der Waals surface area contributed by atoms with Gasteiger partial charge in [0.15, 0.2) is 0 Å². The maximum atomic E-state index is 5.89. The summed E-state index contributed by atoms with van der Waals surface area (Å²) in [6.45, 7) is 3.02. The summed E-state index contributed by atoms with van der Waals surface area (Å²) in [4.78, 5) is 1.26. The molecular formula is C13H13BrClNS. The van der Waals surface area contributed by atoms with Gasteiger partial charge in [-0.1, -0.05) is 39.7 Å². The van der Waals surface area contributed by atoms with Gasteiger partial charge in [-0.25, -0.2) is 0 Å². The van der Waals surface area contributed by atoms with Crippen molar-refractivity contribution in [1.29, 1.82) is 0 Å². The third kappa shape index (κ3) is 3.81. The van der Waals surface area contributed by atoms with Crippen molar-refractivity contribution in [3.8, 4) is 0 Å². The quantitative estimate of drug-likeness (QED) is 0.830. The molecule has 0 amide bonds. The normalized spacial score (nSPS) is 12.6. The van der Waals surface area contributed by atoms with Crippen molar-refractivity contribution in [2.75, 3.05) is 0 Å². The average molecular weight is 331 g/mol. The highest BCUT2D eigenvalue weighted by Gasteiger charge is 2.05. The van der Waals surface area contributed by atoms with Gasteiger partial charge in [0.05, 0.1) is 5.02 Å². The van der Waals surface area contributed by atoms with E-state index in [9.17, 15) is 0 Å². The van der Waals surface area contributed by atoms with Crippen molar-refractivity contribution < 1.29 is 0 Å². The SMILES string of the molecule is C[C@H](NCc1cc(Cl)cs1)c1ccc(Br)cc1. The molecule has 0 spiro atoms. The van der Waals surface area contributed by atoms with Crippen LogP contribution in [0.4, 0.5) is 0 Å². The van der Waals surface area contributed by atoms with Crippen LogP contribution in [0.5, 0.6) is 0 Å². The van der Waals surface area contributed by atoms with Gasteiger partial charge in [0, 0.05) is 27.3 Å². The van der Waals surface area contributed by atoms with Crippen molar-refractivity contribution in [2.24, 2.45) is 0 Å².